The predicted octanol–water partition coefficient (Wildman–Crippen LogP) is 2.98. The Hall–Kier alpha value is -1.30. The van der Waals surface area contributed by atoms with E-state index in [2.05, 4.69) is 5.16 Å². The second-order valence-electron chi connectivity index (χ2n) is 5.24. The summed E-state index contributed by atoms with van der Waals surface area (Å²) in [5.74, 6) is -0.103. The standard InChI is InChI=1S/C15H18Cl2N2O3/c1-10-7-19(8-11(2)22-10)15(20)9-21-18-6-12-3-4-13(16)14(17)5-12/h3-6,10-11H,7-9H2,1-2H3/t10-,11-/m1/s1. The van der Waals surface area contributed by atoms with E-state index in [9.17, 15) is 4.79 Å². The predicted molar refractivity (Wildman–Crippen MR) is 86.6 cm³/mol. The fourth-order valence-corrected chi connectivity index (χ4v) is 2.56. The molecule has 1 saturated heterocycles. The van der Waals surface area contributed by atoms with Crippen LogP contribution in [0.3, 0.4) is 0 Å². The Morgan fingerprint density at radius 1 is 1.36 bits per heavy atom. The van der Waals surface area contributed by atoms with E-state index in [-0.39, 0.29) is 24.7 Å². The lowest BCUT2D eigenvalue weighted by Crippen LogP contribution is -2.49. The maximum atomic E-state index is 12.0. The topological polar surface area (TPSA) is 51.1 Å². The van der Waals surface area contributed by atoms with Gasteiger partial charge in [0, 0.05) is 13.1 Å². The third-order valence-electron chi connectivity index (χ3n) is 3.18. The van der Waals surface area contributed by atoms with Crippen molar-refractivity contribution in [3.8, 4) is 0 Å². The van der Waals surface area contributed by atoms with Crippen LogP contribution in [-0.4, -0.2) is 48.9 Å². The highest BCUT2D eigenvalue weighted by Gasteiger charge is 2.25. The fraction of sp³-hybridized carbons (Fsp3) is 0.467. The molecule has 22 heavy (non-hydrogen) atoms. The van der Waals surface area contributed by atoms with Gasteiger partial charge in [-0.1, -0.05) is 34.4 Å². The van der Waals surface area contributed by atoms with Crippen molar-refractivity contribution in [2.45, 2.75) is 26.1 Å². The number of hydrogen-bond donors (Lipinski definition) is 0. The van der Waals surface area contributed by atoms with Crippen LogP contribution in [0.1, 0.15) is 19.4 Å². The van der Waals surface area contributed by atoms with Crippen LogP contribution in [0.15, 0.2) is 23.4 Å². The molecule has 2 atom stereocenters. The molecule has 1 aromatic carbocycles. The van der Waals surface area contributed by atoms with Gasteiger partial charge in [0.2, 0.25) is 0 Å². The highest BCUT2D eigenvalue weighted by molar-refractivity contribution is 6.42. The first-order valence-corrected chi connectivity index (χ1v) is 7.75. The highest BCUT2D eigenvalue weighted by Crippen LogP contribution is 2.21. The second kappa shape index (κ2) is 7.81. The minimum absolute atomic E-state index is 0.0346. The van der Waals surface area contributed by atoms with Gasteiger partial charge in [0.1, 0.15) is 0 Å². The van der Waals surface area contributed by atoms with Gasteiger partial charge < -0.3 is 14.5 Å². The number of rotatable bonds is 4. The summed E-state index contributed by atoms with van der Waals surface area (Å²) >= 11 is 11.7. The third kappa shape index (κ3) is 4.87. The summed E-state index contributed by atoms with van der Waals surface area (Å²) in [7, 11) is 0. The first-order valence-electron chi connectivity index (χ1n) is 6.99. The maximum Gasteiger partial charge on any atom is 0.263 e. The van der Waals surface area contributed by atoms with Crippen molar-refractivity contribution < 1.29 is 14.4 Å². The average molecular weight is 345 g/mol. The molecule has 0 spiro atoms. The second-order valence-corrected chi connectivity index (χ2v) is 6.05. The van der Waals surface area contributed by atoms with E-state index in [1.165, 1.54) is 6.21 Å². The number of morpholine rings is 1. The average Bonchev–Trinajstić information content (AvgIpc) is 2.46. The molecule has 0 aromatic heterocycles. The zero-order chi connectivity index (χ0) is 16.1. The van der Waals surface area contributed by atoms with Crippen molar-refractivity contribution >= 4 is 35.3 Å². The van der Waals surface area contributed by atoms with Crippen LogP contribution in [-0.2, 0) is 14.4 Å². The van der Waals surface area contributed by atoms with E-state index in [0.29, 0.717) is 23.1 Å². The Bertz CT molecular complexity index is 556. The van der Waals surface area contributed by atoms with Crippen molar-refractivity contribution in [2.24, 2.45) is 5.16 Å². The number of nitrogens with zero attached hydrogens (tertiary/aromatic N) is 2. The lowest BCUT2D eigenvalue weighted by Gasteiger charge is -2.34. The van der Waals surface area contributed by atoms with Gasteiger partial charge in [-0.25, -0.2) is 0 Å². The molecular weight excluding hydrogens is 327 g/mol. The maximum absolute atomic E-state index is 12.0. The SMILES string of the molecule is C[C@@H]1CN(C(=O)CON=Cc2ccc(Cl)c(Cl)c2)C[C@@H](C)O1. The zero-order valence-corrected chi connectivity index (χ0v) is 14.0. The smallest absolute Gasteiger partial charge is 0.263 e. The molecule has 7 heteroatoms. The van der Waals surface area contributed by atoms with Crippen molar-refractivity contribution in [1.29, 1.82) is 0 Å². The molecule has 0 radical (unpaired) electrons. The molecule has 5 nitrogen and oxygen atoms in total. The molecule has 0 bridgehead atoms. The molecule has 120 valence electrons. The van der Waals surface area contributed by atoms with Crippen LogP contribution >= 0.6 is 23.2 Å². The molecule has 0 saturated carbocycles. The van der Waals surface area contributed by atoms with Crippen LogP contribution in [0.4, 0.5) is 0 Å². The Labute approximate surface area is 139 Å². The van der Waals surface area contributed by atoms with E-state index >= 15 is 0 Å². The van der Waals surface area contributed by atoms with Crippen LogP contribution in [0.5, 0.6) is 0 Å². The summed E-state index contributed by atoms with van der Waals surface area (Å²) in [6.45, 7) is 4.93. The quantitative estimate of drug-likeness (QED) is 0.623. The van der Waals surface area contributed by atoms with Gasteiger partial charge in [-0.05, 0) is 31.5 Å². The van der Waals surface area contributed by atoms with Gasteiger partial charge in [-0.15, -0.1) is 0 Å². The molecule has 1 heterocycles. The van der Waals surface area contributed by atoms with E-state index in [1.807, 2.05) is 13.8 Å². The number of carbonyl (C=O) groups excluding carboxylic acids is 1. The molecule has 1 aliphatic rings. The fourth-order valence-electron chi connectivity index (χ4n) is 2.26. The van der Waals surface area contributed by atoms with Crippen molar-refractivity contribution in [1.82, 2.24) is 4.90 Å². The van der Waals surface area contributed by atoms with Gasteiger partial charge in [-0.2, -0.15) is 0 Å². The number of benzene rings is 1. The number of ether oxygens (including phenoxy) is 1. The minimum Gasteiger partial charge on any atom is -0.386 e. The Kier molecular flexibility index (Phi) is 6.06. The number of carbonyl (C=O) groups is 1. The lowest BCUT2D eigenvalue weighted by atomic mass is 10.2. The van der Waals surface area contributed by atoms with E-state index in [0.717, 1.165) is 5.56 Å². The molecule has 0 N–H and O–H groups in total. The normalized spacial score (nSPS) is 22.1. The Balaban J connectivity index is 1.81. The van der Waals surface area contributed by atoms with Crippen LogP contribution < -0.4 is 0 Å². The van der Waals surface area contributed by atoms with Gasteiger partial charge >= 0.3 is 0 Å². The van der Waals surface area contributed by atoms with E-state index in [1.54, 1.807) is 23.1 Å². The molecule has 1 aliphatic heterocycles. The first kappa shape index (κ1) is 17.1. The number of hydrogen-bond acceptors (Lipinski definition) is 4. The van der Waals surface area contributed by atoms with Gasteiger partial charge in [0.05, 0.1) is 28.5 Å². The monoisotopic (exact) mass is 344 g/mol. The van der Waals surface area contributed by atoms with E-state index in [4.69, 9.17) is 32.8 Å². The third-order valence-corrected chi connectivity index (χ3v) is 3.92. The van der Waals surface area contributed by atoms with Gasteiger partial charge in [0.15, 0.2) is 6.61 Å². The molecule has 0 aliphatic carbocycles. The molecule has 0 unspecified atom stereocenters. The van der Waals surface area contributed by atoms with E-state index < -0.39 is 0 Å². The molecular formula is C15H18Cl2N2O3. The highest BCUT2D eigenvalue weighted by atomic mass is 35.5. The summed E-state index contributed by atoms with van der Waals surface area (Å²) in [5, 5.41) is 4.70. The minimum atomic E-state index is -0.103. The zero-order valence-electron chi connectivity index (χ0n) is 12.5. The Morgan fingerprint density at radius 2 is 2.05 bits per heavy atom. The molecule has 1 amide bonds. The van der Waals surface area contributed by atoms with Crippen LogP contribution in [0, 0.1) is 0 Å². The number of amides is 1. The summed E-state index contributed by atoms with van der Waals surface area (Å²) in [4.78, 5) is 18.8. The molecule has 2 rings (SSSR count). The van der Waals surface area contributed by atoms with Crippen molar-refractivity contribution in [2.75, 3.05) is 19.7 Å². The van der Waals surface area contributed by atoms with Gasteiger partial charge in [-0.3, -0.25) is 4.79 Å². The molecule has 1 aromatic rings. The summed E-state index contributed by atoms with van der Waals surface area (Å²) in [6.07, 6.45) is 1.56. The molecule has 1 fully saturated rings. The lowest BCUT2D eigenvalue weighted by molar-refractivity contribution is -0.147. The van der Waals surface area contributed by atoms with Crippen LogP contribution in [0.25, 0.3) is 0 Å². The van der Waals surface area contributed by atoms with Gasteiger partial charge in [0.25, 0.3) is 5.91 Å². The first-order chi connectivity index (χ1) is 10.5. The number of oxime groups is 1. The summed E-state index contributed by atoms with van der Waals surface area (Å²) in [5.41, 5.74) is 0.746. The van der Waals surface area contributed by atoms with Crippen molar-refractivity contribution in [3.63, 3.8) is 0 Å². The Morgan fingerprint density at radius 3 is 2.68 bits per heavy atom. The summed E-state index contributed by atoms with van der Waals surface area (Å²) in [6, 6.07) is 5.10. The summed E-state index contributed by atoms with van der Waals surface area (Å²) < 4.78 is 5.58. The van der Waals surface area contributed by atoms with Crippen molar-refractivity contribution in [3.05, 3.63) is 33.8 Å². The number of halogens is 2. The largest absolute Gasteiger partial charge is 0.386 e. The van der Waals surface area contributed by atoms with Crippen LogP contribution in [0.2, 0.25) is 10.0 Å².